The molecule has 102 valence electrons. The highest BCUT2D eigenvalue weighted by molar-refractivity contribution is 5.90. The Kier molecular flexibility index (Phi) is 3.25. The Morgan fingerprint density at radius 2 is 2.20 bits per heavy atom. The molecule has 1 atom stereocenters. The highest BCUT2D eigenvalue weighted by Gasteiger charge is 2.09. The molecule has 5 nitrogen and oxygen atoms in total. The van der Waals surface area contributed by atoms with E-state index in [1.165, 1.54) is 0 Å². The first kappa shape index (κ1) is 12.5. The molecular weight excluding hydrogens is 252 g/mol. The number of nitrogens with two attached hydrogens (primary N) is 1. The van der Waals surface area contributed by atoms with Crippen LogP contribution in [0.5, 0.6) is 0 Å². The zero-order chi connectivity index (χ0) is 13.9. The molecule has 0 fully saturated rings. The molecule has 1 aromatic carbocycles. The van der Waals surface area contributed by atoms with E-state index in [1.807, 2.05) is 30.3 Å². The molecule has 0 bridgehead atoms. The van der Waals surface area contributed by atoms with E-state index in [0.717, 1.165) is 28.9 Å². The number of nitrogens with zero attached hydrogens (tertiary/aromatic N) is 2. The fourth-order valence-electron chi connectivity index (χ4n) is 2.20. The van der Waals surface area contributed by atoms with E-state index in [2.05, 4.69) is 22.2 Å². The summed E-state index contributed by atoms with van der Waals surface area (Å²) in [5.41, 5.74) is 7.31. The van der Waals surface area contributed by atoms with Crippen LogP contribution in [0.4, 0.5) is 11.5 Å². The summed E-state index contributed by atoms with van der Waals surface area (Å²) >= 11 is 0. The normalized spacial score (nSPS) is 12.4. The van der Waals surface area contributed by atoms with Crippen molar-refractivity contribution in [1.82, 2.24) is 9.97 Å². The van der Waals surface area contributed by atoms with E-state index in [1.54, 1.807) is 12.6 Å². The van der Waals surface area contributed by atoms with Gasteiger partial charge in [-0.1, -0.05) is 0 Å². The minimum Gasteiger partial charge on any atom is -0.469 e. The van der Waals surface area contributed by atoms with Crippen LogP contribution in [-0.2, 0) is 6.42 Å². The molecule has 0 saturated heterocycles. The van der Waals surface area contributed by atoms with Crippen LogP contribution in [0.25, 0.3) is 10.9 Å². The molecule has 0 saturated carbocycles. The summed E-state index contributed by atoms with van der Waals surface area (Å²) in [7, 11) is 0. The second-order valence-electron chi connectivity index (χ2n) is 4.83. The van der Waals surface area contributed by atoms with Gasteiger partial charge in [0.15, 0.2) is 0 Å². The number of hydrogen-bond donors (Lipinski definition) is 2. The molecule has 3 N–H and O–H groups in total. The lowest BCUT2D eigenvalue weighted by Crippen LogP contribution is -2.18. The smallest absolute Gasteiger partial charge is 0.137 e. The summed E-state index contributed by atoms with van der Waals surface area (Å²) in [4.78, 5) is 8.55. The maximum Gasteiger partial charge on any atom is 0.137 e. The first-order valence-electron chi connectivity index (χ1n) is 6.51. The lowest BCUT2D eigenvalue weighted by atomic mass is 10.1. The molecule has 20 heavy (non-hydrogen) atoms. The van der Waals surface area contributed by atoms with Gasteiger partial charge in [-0.25, -0.2) is 9.97 Å². The van der Waals surface area contributed by atoms with Gasteiger partial charge in [-0.05, 0) is 37.3 Å². The number of rotatable bonds is 4. The molecule has 2 heterocycles. The number of anilines is 2. The van der Waals surface area contributed by atoms with Crippen molar-refractivity contribution in [3.63, 3.8) is 0 Å². The van der Waals surface area contributed by atoms with E-state index in [-0.39, 0.29) is 6.04 Å². The Morgan fingerprint density at radius 3 is 3.00 bits per heavy atom. The van der Waals surface area contributed by atoms with Crippen molar-refractivity contribution >= 4 is 22.4 Å². The van der Waals surface area contributed by atoms with Gasteiger partial charge < -0.3 is 15.5 Å². The summed E-state index contributed by atoms with van der Waals surface area (Å²) in [6, 6.07) is 9.71. The lowest BCUT2D eigenvalue weighted by molar-refractivity contribution is 0.497. The highest BCUT2D eigenvalue weighted by Crippen LogP contribution is 2.22. The first-order valence-corrected chi connectivity index (χ1v) is 6.51. The van der Waals surface area contributed by atoms with Crippen LogP contribution in [0.2, 0.25) is 0 Å². The van der Waals surface area contributed by atoms with E-state index in [4.69, 9.17) is 10.2 Å². The fourth-order valence-corrected chi connectivity index (χ4v) is 2.20. The van der Waals surface area contributed by atoms with E-state index >= 15 is 0 Å². The summed E-state index contributed by atoms with van der Waals surface area (Å²) < 4.78 is 5.36. The second-order valence-corrected chi connectivity index (χ2v) is 4.83. The van der Waals surface area contributed by atoms with Crippen molar-refractivity contribution in [2.24, 2.45) is 0 Å². The fraction of sp³-hybridized carbons (Fsp3) is 0.200. The van der Waals surface area contributed by atoms with Crippen molar-refractivity contribution in [2.45, 2.75) is 19.4 Å². The van der Waals surface area contributed by atoms with Crippen molar-refractivity contribution in [3.05, 3.63) is 48.7 Å². The summed E-state index contributed by atoms with van der Waals surface area (Å²) in [6.07, 6.45) is 4.03. The van der Waals surface area contributed by atoms with Gasteiger partial charge in [-0.2, -0.15) is 0 Å². The number of nitrogen functional groups attached to an aromatic ring is 1. The predicted octanol–water partition coefficient (Wildman–Crippen LogP) is 2.85. The van der Waals surface area contributed by atoms with Gasteiger partial charge >= 0.3 is 0 Å². The van der Waals surface area contributed by atoms with Crippen LogP contribution in [0.15, 0.2) is 47.3 Å². The van der Waals surface area contributed by atoms with E-state index in [9.17, 15) is 0 Å². The zero-order valence-electron chi connectivity index (χ0n) is 11.2. The monoisotopic (exact) mass is 268 g/mol. The van der Waals surface area contributed by atoms with Crippen LogP contribution in [-0.4, -0.2) is 16.0 Å². The van der Waals surface area contributed by atoms with Crippen molar-refractivity contribution in [3.8, 4) is 0 Å². The third-order valence-corrected chi connectivity index (χ3v) is 3.13. The van der Waals surface area contributed by atoms with Gasteiger partial charge in [0.1, 0.15) is 17.9 Å². The highest BCUT2D eigenvalue weighted by atomic mass is 16.3. The van der Waals surface area contributed by atoms with Crippen molar-refractivity contribution in [1.29, 1.82) is 0 Å². The number of furan rings is 1. The largest absolute Gasteiger partial charge is 0.469 e. The second kappa shape index (κ2) is 5.21. The maximum atomic E-state index is 5.77. The Balaban J connectivity index is 1.83. The summed E-state index contributed by atoms with van der Waals surface area (Å²) in [6.45, 7) is 2.09. The summed E-state index contributed by atoms with van der Waals surface area (Å²) in [5, 5.41) is 4.36. The van der Waals surface area contributed by atoms with Crippen LogP contribution in [0, 0.1) is 0 Å². The third-order valence-electron chi connectivity index (χ3n) is 3.13. The molecule has 0 aliphatic carbocycles. The quantitative estimate of drug-likeness (QED) is 0.711. The Hall–Kier alpha value is -2.56. The van der Waals surface area contributed by atoms with Gasteiger partial charge in [0, 0.05) is 23.5 Å². The summed E-state index contributed by atoms with van der Waals surface area (Å²) in [5.74, 6) is 1.77. The SMILES string of the molecule is CC(Cc1ccco1)Nc1ncnc2cc(N)ccc12. The molecule has 5 heteroatoms. The zero-order valence-corrected chi connectivity index (χ0v) is 11.2. The van der Waals surface area contributed by atoms with Gasteiger partial charge in [-0.3, -0.25) is 0 Å². The molecule has 0 amide bonds. The number of aromatic nitrogens is 2. The molecule has 0 aliphatic heterocycles. The molecule has 0 radical (unpaired) electrons. The maximum absolute atomic E-state index is 5.77. The number of fused-ring (bicyclic) bond motifs is 1. The van der Waals surface area contributed by atoms with Crippen molar-refractivity contribution in [2.75, 3.05) is 11.1 Å². The Morgan fingerprint density at radius 1 is 1.30 bits per heavy atom. The van der Waals surface area contributed by atoms with Gasteiger partial charge in [0.05, 0.1) is 11.8 Å². The molecule has 0 aliphatic rings. The molecule has 3 aromatic rings. The van der Waals surface area contributed by atoms with Crippen LogP contribution in [0.1, 0.15) is 12.7 Å². The molecular formula is C15H16N4O. The predicted molar refractivity (Wildman–Crippen MR) is 79.4 cm³/mol. The average molecular weight is 268 g/mol. The first-order chi connectivity index (χ1) is 9.72. The Labute approximate surface area is 116 Å². The van der Waals surface area contributed by atoms with Gasteiger partial charge in [0.25, 0.3) is 0 Å². The number of hydrogen-bond acceptors (Lipinski definition) is 5. The average Bonchev–Trinajstić information content (AvgIpc) is 2.91. The molecule has 3 rings (SSSR count). The topological polar surface area (TPSA) is 77.0 Å². The molecule has 1 unspecified atom stereocenters. The minimum atomic E-state index is 0.205. The van der Waals surface area contributed by atoms with E-state index in [0.29, 0.717) is 5.69 Å². The van der Waals surface area contributed by atoms with Crippen LogP contribution >= 0.6 is 0 Å². The number of nitrogens with one attached hydrogen (secondary N) is 1. The third kappa shape index (κ3) is 2.56. The standard InChI is InChI=1S/C15H16N4O/c1-10(7-12-3-2-6-20-12)19-15-13-5-4-11(16)8-14(13)17-9-18-15/h2-6,8-10H,7,16H2,1H3,(H,17,18,19). The van der Waals surface area contributed by atoms with Crippen molar-refractivity contribution < 1.29 is 4.42 Å². The molecule has 2 aromatic heterocycles. The van der Waals surface area contributed by atoms with Crippen LogP contribution in [0.3, 0.4) is 0 Å². The minimum absolute atomic E-state index is 0.205. The Bertz CT molecular complexity index is 709. The van der Waals surface area contributed by atoms with Crippen LogP contribution < -0.4 is 11.1 Å². The van der Waals surface area contributed by atoms with E-state index < -0.39 is 0 Å². The van der Waals surface area contributed by atoms with Gasteiger partial charge in [0.2, 0.25) is 0 Å². The molecule has 0 spiro atoms. The lowest BCUT2D eigenvalue weighted by Gasteiger charge is -2.14. The van der Waals surface area contributed by atoms with Gasteiger partial charge in [-0.15, -0.1) is 0 Å². The number of benzene rings is 1.